The number of rotatable bonds is 4. The summed E-state index contributed by atoms with van der Waals surface area (Å²) < 4.78 is 30.7. The Labute approximate surface area is 179 Å². The number of halogens is 3. The molecule has 0 saturated heterocycles. The summed E-state index contributed by atoms with van der Waals surface area (Å²) in [6.07, 6.45) is -0.382. The van der Waals surface area contributed by atoms with Crippen molar-refractivity contribution in [3.63, 3.8) is 0 Å². The average Bonchev–Trinajstić information content (AvgIpc) is 3.07. The number of fused-ring (bicyclic) bond motifs is 1. The zero-order chi connectivity index (χ0) is 22.3. The minimum atomic E-state index is -1.63. The number of aliphatic hydroxyl groups is 1. The van der Waals surface area contributed by atoms with Crippen LogP contribution in [0.1, 0.15) is 17.4 Å². The molecule has 1 amide bonds. The van der Waals surface area contributed by atoms with Crippen molar-refractivity contribution >= 4 is 40.0 Å². The first-order valence-electron chi connectivity index (χ1n) is 8.96. The highest BCUT2D eigenvalue weighted by Gasteiger charge is 2.22. The number of aromatic nitrogens is 4. The van der Waals surface area contributed by atoms with Gasteiger partial charge < -0.3 is 16.2 Å². The van der Waals surface area contributed by atoms with Crippen molar-refractivity contribution in [2.24, 2.45) is 0 Å². The third-order valence-electron chi connectivity index (χ3n) is 4.59. The molecule has 0 unspecified atom stereocenters. The number of nitrogens with one attached hydrogen (secondary N) is 1. The van der Waals surface area contributed by atoms with Gasteiger partial charge in [-0.05, 0) is 24.6 Å². The van der Waals surface area contributed by atoms with E-state index in [-0.39, 0.29) is 22.6 Å². The molecular formula is C20H15ClF2N6O2. The van der Waals surface area contributed by atoms with Crippen molar-refractivity contribution in [2.45, 2.75) is 13.0 Å². The number of carbonyl (C=O) groups excluding carboxylic acids is 1. The number of nitrogens with zero attached hydrogens (tertiary/aromatic N) is 4. The molecule has 4 aromatic rings. The van der Waals surface area contributed by atoms with Gasteiger partial charge in [-0.1, -0.05) is 23.7 Å². The lowest BCUT2D eigenvalue weighted by Gasteiger charge is -2.14. The Morgan fingerprint density at radius 3 is 2.74 bits per heavy atom. The van der Waals surface area contributed by atoms with E-state index >= 15 is 0 Å². The van der Waals surface area contributed by atoms with E-state index in [2.05, 4.69) is 20.4 Å². The molecule has 0 saturated carbocycles. The molecule has 0 fully saturated rings. The van der Waals surface area contributed by atoms with Gasteiger partial charge in [0, 0.05) is 17.2 Å². The van der Waals surface area contributed by atoms with Gasteiger partial charge in [0.05, 0.1) is 11.4 Å². The second-order valence-electron chi connectivity index (χ2n) is 6.68. The maximum absolute atomic E-state index is 14.9. The van der Waals surface area contributed by atoms with Crippen LogP contribution in [0.25, 0.3) is 16.7 Å². The van der Waals surface area contributed by atoms with Crippen LogP contribution in [0.4, 0.5) is 20.3 Å². The lowest BCUT2D eigenvalue weighted by molar-refractivity contribution is -0.124. The molecule has 4 rings (SSSR count). The van der Waals surface area contributed by atoms with Gasteiger partial charge in [0.15, 0.2) is 17.7 Å². The fourth-order valence-corrected chi connectivity index (χ4v) is 3.31. The number of hydrogen-bond donors (Lipinski definition) is 3. The molecule has 1 atom stereocenters. The van der Waals surface area contributed by atoms with Gasteiger partial charge in [-0.2, -0.15) is 5.10 Å². The molecule has 0 aliphatic rings. The molecule has 4 N–H and O–H groups in total. The zero-order valence-corrected chi connectivity index (χ0v) is 16.7. The zero-order valence-electron chi connectivity index (χ0n) is 16.0. The molecule has 2 heterocycles. The number of benzene rings is 2. The summed E-state index contributed by atoms with van der Waals surface area (Å²) in [5.41, 5.74) is 6.45. The van der Waals surface area contributed by atoms with Gasteiger partial charge >= 0.3 is 0 Å². The maximum atomic E-state index is 14.9. The third-order valence-corrected chi connectivity index (χ3v) is 4.83. The summed E-state index contributed by atoms with van der Waals surface area (Å²) in [5, 5.41) is 16.9. The average molecular weight is 445 g/mol. The highest BCUT2D eigenvalue weighted by atomic mass is 35.5. The van der Waals surface area contributed by atoms with Crippen LogP contribution < -0.4 is 11.1 Å². The summed E-state index contributed by atoms with van der Waals surface area (Å²) in [4.78, 5) is 20.3. The van der Waals surface area contributed by atoms with E-state index in [0.717, 1.165) is 16.8 Å². The van der Waals surface area contributed by atoms with E-state index in [9.17, 15) is 18.7 Å². The third kappa shape index (κ3) is 3.78. The molecule has 2 aromatic carbocycles. The fraction of sp³-hybridized carbons (Fsp3) is 0.100. The smallest absolute Gasteiger partial charge is 0.257 e. The fourth-order valence-electron chi connectivity index (χ4n) is 3.11. The highest BCUT2D eigenvalue weighted by Crippen LogP contribution is 2.28. The Morgan fingerprint density at radius 1 is 1.23 bits per heavy atom. The Hall–Kier alpha value is -3.63. The number of amides is 1. The number of hydrogen-bond acceptors (Lipinski definition) is 6. The van der Waals surface area contributed by atoms with E-state index < -0.39 is 29.3 Å². The topological polar surface area (TPSA) is 119 Å². The molecule has 158 valence electrons. The number of nitrogens with two attached hydrogens (primary N) is 1. The minimum Gasteiger partial charge on any atom is -0.382 e. The first-order chi connectivity index (χ1) is 14.8. The van der Waals surface area contributed by atoms with E-state index in [1.165, 1.54) is 18.5 Å². The minimum absolute atomic E-state index is 0.0485. The van der Waals surface area contributed by atoms with Crippen molar-refractivity contribution in [1.82, 2.24) is 19.7 Å². The standard InChI is InChI=1S/C20H15ClF2N6O2/c1-9-16-17(19(24)26-8-25-16)29(28-9)15-7-12(22)14(6-13(15)23)27-20(31)18(30)10-3-2-4-11(21)5-10/h2-8,18,30H,1H3,(H,27,31)(H2,24,25,26)/t18-/m1/s1. The maximum Gasteiger partial charge on any atom is 0.257 e. The van der Waals surface area contributed by atoms with Crippen LogP contribution in [-0.4, -0.2) is 30.8 Å². The summed E-state index contributed by atoms with van der Waals surface area (Å²) in [7, 11) is 0. The first-order valence-corrected chi connectivity index (χ1v) is 9.33. The van der Waals surface area contributed by atoms with Crippen LogP contribution in [-0.2, 0) is 4.79 Å². The van der Waals surface area contributed by atoms with Crippen molar-refractivity contribution in [3.05, 3.63) is 70.6 Å². The van der Waals surface area contributed by atoms with Crippen LogP contribution in [0.3, 0.4) is 0 Å². The van der Waals surface area contributed by atoms with Gasteiger partial charge in [-0.3, -0.25) is 4.79 Å². The normalized spacial score (nSPS) is 12.2. The second-order valence-corrected chi connectivity index (χ2v) is 7.12. The van der Waals surface area contributed by atoms with Gasteiger partial charge in [0.2, 0.25) is 0 Å². The quantitative estimate of drug-likeness (QED) is 0.444. The highest BCUT2D eigenvalue weighted by molar-refractivity contribution is 6.30. The van der Waals surface area contributed by atoms with Gasteiger partial charge in [0.1, 0.15) is 28.9 Å². The van der Waals surface area contributed by atoms with E-state index in [1.807, 2.05) is 0 Å². The molecular weight excluding hydrogens is 430 g/mol. The van der Waals surface area contributed by atoms with Crippen LogP contribution in [0.5, 0.6) is 0 Å². The SMILES string of the molecule is Cc1nn(-c2cc(F)c(NC(=O)[C@H](O)c3cccc(Cl)c3)cc2F)c2c(N)ncnc12. The summed E-state index contributed by atoms with van der Waals surface area (Å²) >= 11 is 5.85. The van der Waals surface area contributed by atoms with Crippen LogP contribution in [0, 0.1) is 18.6 Å². The Balaban J connectivity index is 1.68. The number of carbonyl (C=O) groups is 1. The van der Waals surface area contributed by atoms with Gasteiger partial charge in [0.25, 0.3) is 5.91 Å². The Kier molecular flexibility index (Phi) is 5.25. The van der Waals surface area contributed by atoms with E-state index in [4.69, 9.17) is 17.3 Å². The largest absolute Gasteiger partial charge is 0.382 e. The Bertz CT molecular complexity index is 1330. The number of nitrogen functional groups attached to an aromatic ring is 1. The molecule has 11 heteroatoms. The molecule has 0 radical (unpaired) electrons. The predicted molar refractivity (Wildman–Crippen MR) is 111 cm³/mol. The lowest BCUT2D eigenvalue weighted by atomic mass is 10.1. The summed E-state index contributed by atoms with van der Waals surface area (Å²) in [6, 6.07) is 7.64. The molecule has 31 heavy (non-hydrogen) atoms. The van der Waals surface area contributed by atoms with Crippen LogP contribution in [0.2, 0.25) is 5.02 Å². The molecule has 0 spiro atoms. The molecule has 8 nitrogen and oxygen atoms in total. The van der Waals surface area contributed by atoms with Crippen LogP contribution >= 0.6 is 11.6 Å². The van der Waals surface area contributed by atoms with Crippen molar-refractivity contribution in [1.29, 1.82) is 0 Å². The van der Waals surface area contributed by atoms with Crippen LogP contribution in [0.15, 0.2) is 42.7 Å². The lowest BCUT2D eigenvalue weighted by Crippen LogP contribution is -2.21. The molecule has 0 bridgehead atoms. The molecule has 0 aliphatic carbocycles. The predicted octanol–water partition coefficient (Wildman–Crippen LogP) is 3.31. The monoisotopic (exact) mass is 444 g/mol. The van der Waals surface area contributed by atoms with Gasteiger partial charge in [-0.15, -0.1) is 0 Å². The molecule has 2 aromatic heterocycles. The summed E-state index contributed by atoms with van der Waals surface area (Å²) in [5.74, 6) is -2.74. The van der Waals surface area contributed by atoms with Gasteiger partial charge in [-0.25, -0.2) is 23.4 Å². The molecule has 0 aliphatic heterocycles. The Morgan fingerprint density at radius 2 is 2.00 bits per heavy atom. The number of aryl methyl sites for hydroxylation is 1. The van der Waals surface area contributed by atoms with E-state index in [1.54, 1.807) is 19.1 Å². The van der Waals surface area contributed by atoms with Crippen molar-refractivity contribution < 1.29 is 18.7 Å². The number of anilines is 2. The van der Waals surface area contributed by atoms with E-state index in [0.29, 0.717) is 16.2 Å². The van der Waals surface area contributed by atoms with Crippen molar-refractivity contribution in [2.75, 3.05) is 11.1 Å². The first kappa shape index (κ1) is 20.6. The number of aliphatic hydroxyl groups excluding tert-OH is 1. The van der Waals surface area contributed by atoms with Crippen molar-refractivity contribution in [3.8, 4) is 5.69 Å². The second kappa shape index (κ2) is 7.89. The summed E-state index contributed by atoms with van der Waals surface area (Å²) in [6.45, 7) is 1.64.